The fourth-order valence-electron chi connectivity index (χ4n) is 5.35. The van der Waals surface area contributed by atoms with Crippen LogP contribution in [-0.4, -0.2) is 59.3 Å². The highest BCUT2D eigenvalue weighted by molar-refractivity contribution is 5.73. The average molecular weight is 485 g/mol. The van der Waals surface area contributed by atoms with E-state index in [1.165, 1.54) is 6.92 Å². The molecule has 0 radical (unpaired) electrons. The van der Waals surface area contributed by atoms with E-state index >= 15 is 0 Å². The van der Waals surface area contributed by atoms with Gasteiger partial charge in [0, 0.05) is 18.8 Å². The molecular weight excluding hydrogens is 436 g/mol. The summed E-state index contributed by atoms with van der Waals surface area (Å²) in [6.45, 7) is 15.1. The summed E-state index contributed by atoms with van der Waals surface area (Å²) in [7, 11) is 0. The number of rotatable bonds is 11. The van der Waals surface area contributed by atoms with Crippen LogP contribution in [0.25, 0.3) is 0 Å². The van der Waals surface area contributed by atoms with Crippen LogP contribution >= 0.6 is 0 Å². The van der Waals surface area contributed by atoms with Crippen LogP contribution < -0.4 is 0 Å². The zero-order valence-electron chi connectivity index (χ0n) is 22.5. The predicted octanol–water partition coefficient (Wildman–Crippen LogP) is 4.81. The molecule has 0 aromatic rings. The second-order valence-corrected chi connectivity index (χ2v) is 11.5. The third-order valence-electron chi connectivity index (χ3n) is 7.23. The molecule has 7 heteroatoms. The molecule has 0 saturated carbocycles. The molecule has 2 fully saturated rings. The van der Waals surface area contributed by atoms with Crippen molar-refractivity contribution < 1.29 is 33.6 Å². The van der Waals surface area contributed by atoms with Gasteiger partial charge in [0.05, 0.1) is 36.4 Å². The normalized spacial score (nSPS) is 29.8. The van der Waals surface area contributed by atoms with E-state index in [0.717, 1.165) is 38.5 Å². The number of hydrogen-bond donors (Lipinski definition) is 1. The second kappa shape index (κ2) is 12.7. The Morgan fingerprint density at radius 1 is 0.971 bits per heavy atom. The molecule has 0 bridgehead atoms. The molecule has 198 valence electrons. The van der Waals surface area contributed by atoms with Crippen molar-refractivity contribution in [1.82, 2.24) is 0 Å². The fourth-order valence-corrected chi connectivity index (χ4v) is 5.35. The molecule has 1 N–H and O–H groups in total. The largest absolute Gasteiger partial charge is 0.462 e. The summed E-state index contributed by atoms with van der Waals surface area (Å²) in [6, 6.07) is 0. The van der Waals surface area contributed by atoms with Gasteiger partial charge >= 0.3 is 11.9 Å². The minimum atomic E-state index is -0.530. The van der Waals surface area contributed by atoms with Gasteiger partial charge in [-0.2, -0.15) is 0 Å². The third-order valence-corrected chi connectivity index (χ3v) is 7.23. The number of ether oxygens (including phenoxy) is 4. The van der Waals surface area contributed by atoms with Crippen LogP contribution in [0, 0.1) is 17.8 Å². The van der Waals surface area contributed by atoms with Crippen molar-refractivity contribution in [3.05, 3.63) is 0 Å². The summed E-state index contributed by atoms with van der Waals surface area (Å²) in [5.41, 5.74) is -0.530. The van der Waals surface area contributed by atoms with E-state index in [2.05, 4.69) is 20.8 Å². The third kappa shape index (κ3) is 8.49. The summed E-state index contributed by atoms with van der Waals surface area (Å²) < 4.78 is 24.0. The highest BCUT2D eigenvalue weighted by atomic mass is 16.6. The molecule has 0 aromatic heterocycles. The lowest BCUT2D eigenvalue weighted by molar-refractivity contribution is -0.167. The first-order chi connectivity index (χ1) is 15.8. The molecule has 7 nitrogen and oxygen atoms in total. The number of carbonyl (C=O) groups is 2. The van der Waals surface area contributed by atoms with Crippen LogP contribution in [0.3, 0.4) is 0 Å². The van der Waals surface area contributed by atoms with Gasteiger partial charge in [-0.25, -0.2) is 0 Å². The van der Waals surface area contributed by atoms with Crippen LogP contribution in [0.2, 0.25) is 0 Å². The maximum atomic E-state index is 12.5. The zero-order chi connectivity index (χ0) is 25.6. The van der Waals surface area contributed by atoms with Gasteiger partial charge in [-0.1, -0.05) is 27.2 Å². The summed E-state index contributed by atoms with van der Waals surface area (Å²) in [5, 5.41) is 10.2. The van der Waals surface area contributed by atoms with Gasteiger partial charge in [0.25, 0.3) is 0 Å². The highest BCUT2D eigenvalue weighted by Crippen LogP contribution is 2.38. The molecule has 2 rings (SSSR count). The summed E-state index contributed by atoms with van der Waals surface area (Å²) >= 11 is 0. The van der Waals surface area contributed by atoms with Crippen molar-refractivity contribution in [2.75, 3.05) is 0 Å². The Kier molecular flexibility index (Phi) is 10.8. The quantitative estimate of drug-likeness (QED) is 0.421. The number of carbonyl (C=O) groups excluding carboxylic acids is 2. The van der Waals surface area contributed by atoms with Crippen molar-refractivity contribution in [3.8, 4) is 0 Å². The number of esters is 2. The predicted molar refractivity (Wildman–Crippen MR) is 130 cm³/mol. The lowest BCUT2D eigenvalue weighted by Gasteiger charge is -2.35. The molecular formula is C27H48O7. The minimum absolute atomic E-state index is 0.00172. The first kappa shape index (κ1) is 29.1. The van der Waals surface area contributed by atoms with Gasteiger partial charge in [0.2, 0.25) is 0 Å². The lowest BCUT2D eigenvalue weighted by atomic mass is 9.84. The molecule has 2 heterocycles. The van der Waals surface area contributed by atoms with Gasteiger partial charge in [0.1, 0.15) is 11.7 Å². The van der Waals surface area contributed by atoms with Gasteiger partial charge in [0.15, 0.2) is 0 Å². The van der Waals surface area contributed by atoms with Gasteiger partial charge in [-0.05, 0) is 66.2 Å². The Bertz CT molecular complexity index is 658. The van der Waals surface area contributed by atoms with E-state index < -0.39 is 5.60 Å². The SMILES string of the molecule is CCC[C@H](O)C[C@@H]1CC[C@H]([C@@H](C)[C@H](OC(C)=O)[C@H](C)[C@@H]2CC[C@H]([C@@H](C)C(=O)OC(C)(C)C)O2)O1. The minimum Gasteiger partial charge on any atom is -0.462 e. The van der Waals surface area contributed by atoms with E-state index in [1.807, 2.05) is 27.7 Å². The summed E-state index contributed by atoms with van der Waals surface area (Å²) in [6.07, 6.45) is 4.80. The molecule has 2 aliphatic heterocycles. The zero-order valence-corrected chi connectivity index (χ0v) is 22.5. The smallest absolute Gasteiger partial charge is 0.311 e. The molecule has 34 heavy (non-hydrogen) atoms. The average Bonchev–Trinajstić information content (AvgIpc) is 3.39. The van der Waals surface area contributed by atoms with Crippen molar-refractivity contribution in [2.45, 2.75) is 143 Å². The van der Waals surface area contributed by atoms with E-state index in [-0.39, 0.29) is 66.3 Å². The lowest BCUT2D eigenvalue weighted by Crippen LogP contribution is -2.42. The van der Waals surface area contributed by atoms with Crippen LogP contribution in [0.4, 0.5) is 0 Å². The topological polar surface area (TPSA) is 91.3 Å². The molecule has 9 atom stereocenters. The monoisotopic (exact) mass is 484 g/mol. The fraction of sp³-hybridized carbons (Fsp3) is 0.926. The molecule has 2 aliphatic rings. The molecule has 0 amide bonds. The van der Waals surface area contributed by atoms with E-state index in [4.69, 9.17) is 18.9 Å². The van der Waals surface area contributed by atoms with Crippen molar-refractivity contribution in [3.63, 3.8) is 0 Å². The molecule has 0 unspecified atom stereocenters. The summed E-state index contributed by atoms with van der Waals surface area (Å²) in [4.78, 5) is 24.5. The van der Waals surface area contributed by atoms with E-state index in [9.17, 15) is 14.7 Å². The van der Waals surface area contributed by atoms with Gasteiger partial charge in [-0.3, -0.25) is 9.59 Å². The standard InChI is InChI=1S/C27H48O7/c1-9-10-20(29)15-21-11-12-22(32-21)16(2)25(31-19(5)28)17(3)23-13-14-24(33-23)18(4)26(30)34-27(6,7)8/h16-18,20-25,29H,9-15H2,1-8H3/t16-,17-,18-,20+,21+,22-,23+,24-,25+/m1/s1. The highest BCUT2D eigenvalue weighted by Gasteiger charge is 2.44. The number of hydrogen-bond acceptors (Lipinski definition) is 7. The van der Waals surface area contributed by atoms with Crippen LogP contribution in [-0.2, 0) is 28.5 Å². The summed E-state index contributed by atoms with van der Waals surface area (Å²) in [5.74, 6) is -0.949. The number of aliphatic hydroxyl groups excluding tert-OH is 1. The maximum absolute atomic E-state index is 12.5. The number of aliphatic hydroxyl groups is 1. The van der Waals surface area contributed by atoms with E-state index in [1.54, 1.807) is 0 Å². The van der Waals surface area contributed by atoms with Gasteiger partial charge < -0.3 is 24.1 Å². The van der Waals surface area contributed by atoms with E-state index in [0.29, 0.717) is 6.42 Å². The van der Waals surface area contributed by atoms with Crippen LogP contribution in [0.15, 0.2) is 0 Å². The maximum Gasteiger partial charge on any atom is 0.311 e. The first-order valence-electron chi connectivity index (χ1n) is 13.2. The Morgan fingerprint density at radius 3 is 2.09 bits per heavy atom. The molecule has 0 spiro atoms. The molecule has 0 aliphatic carbocycles. The molecule has 0 aromatic carbocycles. The second-order valence-electron chi connectivity index (χ2n) is 11.5. The Hall–Kier alpha value is -1.18. The molecule has 2 saturated heterocycles. The first-order valence-corrected chi connectivity index (χ1v) is 13.2. The van der Waals surface area contributed by atoms with Crippen molar-refractivity contribution in [2.24, 2.45) is 17.8 Å². The van der Waals surface area contributed by atoms with Crippen molar-refractivity contribution >= 4 is 11.9 Å². The Morgan fingerprint density at radius 2 is 1.53 bits per heavy atom. The van der Waals surface area contributed by atoms with Crippen LogP contribution in [0.5, 0.6) is 0 Å². The van der Waals surface area contributed by atoms with Crippen LogP contribution in [0.1, 0.15) is 100 Å². The Labute approximate surface area is 206 Å². The van der Waals surface area contributed by atoms with Gasteiger partial charge in [-0.15, -0.1) is 0 Å². The Balaban J connectivity index is 1.99. The van der Waals surface area contributed by atoms with Crippen molar-refractivity contribution in [1.29, 1.82) is 0 Å².